The molecule has 1 aromatic heterocycles. The quantitative estimate of drug-likeness (QED) is 0.791. The van der Waals surface area contributed by atoms with Crippen LogP contribution in [0.2, 0.25) is 0 Å². The predicted octanol–water partition coefficient (Wildman–Crippen LogP) is 1.80. The molecular weight excluding hydrogens is 380 g/mol. The Morgan fingerprint density at radius 3 is 2.85 bits per heavy atom. The van der Waals surface area contributed by atoms with Crippen molar-refractivity contribution in [2.45, 2.75) is 4.90 Å². The number of likely N-dealkylation sites (N-methyl/N-ethyl adjacent to an activating group) is 1. The molecule has 0 saturated carbocycles. The first kappa shape index (κ1) is 18.2. The van der Waals surface area contributed by atoms with Crippen LogP contribution in [0.5, 0.6) is 5.75 Å². The van der Waals surface area contributed by atoms with Crippen molar-refractivity contribution in [1.29, 1.82) is 0 Å². The number of esters is 1. The zero-order valence-electron chi connectivity index (χ0n) is 14.0. The summed E-state index contributed by atoms with van der Waals surface area (Å²) in [6.45, 7) is 0.795. The molecule has 1 aliphatic rings. The molecule has 0 saturated heterocycles. The first-order valence-electron chi connectivity index (χ1n) is 7.54. The minimum Gasteiger partial charge on any atom is -0.491 e. The van der Waals surface area contributed by atoms with Gasteiger partial charge in [-0.15, -0.1) is 11.3 Å². The summed E-state index contributed by atoms with van der Waals surface area (Å²) in [4.78, 5) is 25.4. The van der Waals surface area contributed by atoms with Crippen LogP contribution >= 0.6 is 11.3 Å². The Labute approximate surface area is 154 Å². The third-order valence-corrected chi connectivity index (χ3v) is 6.23. The van der Waals surface area contributed by atoms with E-state index in [2.05, 4.69) is 9.46 Å². The van der Waals surface area contributed by atoms with Crippen LogP contribution < -0.4 is 9.46 Å². The molecule has 1 aromatic carbocycles. The Bertz CT molecular complexity index is 967. The van der Waals surface area contributed by atoms with Crippen LogP contribution in [0.1, 0.15) is 20.0 Å². The summed E-state index contributed by atoms with van der Waals surface area (Å²) < 4.78 is 37.8. The van der Waals surface area contributed by atoms with Crippen molar-refractivity contribution in [3.8, 4) is 5.75 Å². The van der Waals surface area contributed by atoms with Crippen LogP contribution in [0.15, 0.2) is 34.5 Å². The molecule has 2 heterocycles. The van der Waals surface area contributed by atoms with E-state index in [9.17, 15) is 18.0 Å². The van der Waals surface area contributed by atoms with E-state index in [1.807, 2.05) is 0 Å². The Balaban J connectivity index is 1.94. The minimum atomic E-state index is -4.03. The van der Waals surface area contributed by atoms with Gasteiger partial charge in [0.1, 0.15) is 22.1 Å². The van der Waals surface area contributed by atoms with Crippen molar-refractivity contribution >= 4 is 38.9 Å². The largest absolute Gasteiger partial charge is 0.491 e. The van der Waals surface area contributed by atoms with E-state index in [1.54, 1.807) is 13.1 Å². The van der Waals surface area contributed by atoms with Crippen LogP contribution in [0.3, 0.4) is 0 Å². The average Bonchev–Trinajstić information content (AvgIpc) is 3.07. The number of rotatable bonds is 4. The summed E-state index contributed by atoms with van der Waals surface area (Å²) in [7, 11) is -1.20. The number of methoxy groups -OCH3 is 1. The third-order valence-electron chi connectivity index (χ3n) is 3.78. The van der Waals surface area contributed by atoms with E-state index < -0.39 is 16.0 Å². The molecule has 0 spiro atoms. The Hall–Kier alpha value is -2.59. The lowest BCUT2D eigenvalue weighted by Gasteiger charge is -2.13. The molecule has 0 unspecified atom stereocenters. The molecule has 0 bridgehead atoms. The number of benzene rings is 1. The first-order chi connectivity index (χ1) is 12.3. The van der Waals surface area contributed by atoms with Gasteiger partial charge in [0.25, 0.3) is 15.9 Å². The number of hydrogen-bond acceptors (Lipinski definition) is 7. The van der Waals surface area contributed by atoms with Gasteiger partial charge in [0.15, 0.2) is 0 Å². The number of fused-ring (bicyclic) bond motifs is 1. The van der Waals surface area contributed by atoms with Crippen molar-refractivity contribution in [2.24, 2.45) is 0 Å². The lowest BCUT2D eigenvalue weighted by molar-refractivity contribution is 0.0602. The van der Waals surface area contributed by atoms with E-state index in [0.29, 0.717) is 18.9 Å². The van der Waals surface area contributed by atoms with Gasteiger partial charge in [0, 0.05) is 12.7 Å². The van der Waals surface area contributed by atoms with Gasteiger partial charge in [-0.1, -0.05) is 0 Å². The maximum atomic E-state index is 12.6. The molecule has 1 N–H and O–H groups in total. The van der Waals surface area contributed by atoms with Crippen molar-refractivity contribution in [2.75, 3.05) is 32.0 Å². The zero-order valence-corrected chi connectivity index (χ0v) is 15.6. The van der Waals surface area contributed by atoms with Gasteiger partial charge in [-0.2, -0.15) is 0 Å². The van der Waals surface area contributed by atoms with Crippen LogP contribution in [0, 0.1) is 0 Å². The SMILES string of the molecule is COC(=O)c1sccc1S(=O)(=O)Nc1ccc2c(c1)C(=O)N(C)CCO2. The minimum absolute atomic E-state index is 0.0195. The number of nitrogens with one attached hydrogen (secondary N) is 1. The number of sulfonamides is 1. The molecule has 0 radical (unpaired) electrons. The highest BCUT2D eigenvalue weighted by atomic mass is 32.2. The van der Waals surface area contributed by atoms with Crippen LogP contribution in [-0.4, -0.2) is 52.5 Å². The second-order valence-corrected chi connectivity index (χ2v) is 8.06. The normalized spacial score (nSPS) is 14.2. The Morgan fingerprint density at radius 1 is 1.35 bits per heavy atom. The molecule has 0 aliphatic carbocycles. The maximum absolute atomic E-state index is 12.6. The number of nitrogens with zero attached hydrogens (tertiary/aromatic N) is 1. The molecular formula is C16H16N2O6S2. The highest BCUT2D eigenvalue weighted by Gasteiger charge is 2.26. The molecule has 1 amide bonds. The van der Waals surface area contributed by atoms with Gasteiger partial charge >= 0.3 is 5.97 Å². The van der Waals surface area contributed by atoms with E-state index in [-0.39, 0.29) is 26.9 Å². The molecule has 0 atom stereocenters. The fourth-order valence-corrected chi connectivity index (χ4v) is 4.83. The van der Waals surface area contributed by atoms with Crippen molar-refractivity contribution in [3.05, 3.63) is 40.1 Å². The molecule has 8 nitrogen and oxygen atoms in total. The molecule has 2 aromatic rings. The molecule has 138 valence electrons. The van der Waals surface area contributed by atoms with Gasteiger partial charge in [0.2, 0.25) is 0 Å². The monoisotopic (exact) mass is 396 g/mol. The number of ether oxygens (including phenoxy) is 2. The smallest absolute Gasteiger partial charge is 0.349 e. The molecule has 0 fully saturated rings. The molecule has 1 aliphatic heterocycles. The van der Waals surface area contributed by atoms with Gasteiger partial charge in [-0.25, -0.2) is 13.2 Å². The average molecular weight is 396 g/mol. The number of anilines is 1. The standard InChI is InChI=1S/C16H16N2O6S2/c1-18-6-7-24-12-4-3-10(9-11(12)15(18)19)17-26(21,22)13-5-8-25-14(13)16(20)23-2/h3-5,8-9,17H,6-7H2,1-2H3. The van der Waals surface area contributed by atoms with Crippen LogP contribution in [0.25, 0.3) is 0 Å². The Morgan fingerprint density at radius 2 is 2.12 bits per heavy atom. The van der Waals surface area contributed by atoms with Crippen molar-refractivity contribution < 1.29 is 27.5 Å². The highest BCUT2D eigenvalue weighted by molar-refractivity contribution is 7.93. The number of carbonyl (C=O) groups is 2. The summed E-state index contributed by atoms with van der Waals surface area (Å²) in [5.41, 5.74) is 0.460. The zero-order chi connectivity index (χ0) is 18.9. The second kappa shape index (κ2) is 6.96. The maximum Gasteiger partial charge on any atom is 0.349 e. The van der Waals surface area contributed by atoms with Crippen molar-refractivity contribution in [3.63, 3.8) is 0 Å². The first-order valence-corrected chi connectivity index (χ1v) is 9.90. The number of amides is 1. The fraction of sp³-hybridized carbons (Fsp3) is 0.250. The van der Waals surface area contributed by atoms with Gasteiger partial charge in [-0.05, 0) is 29.6 Å². The lowest BCUT2D eigenvalue weighted by Crippen LogP contribution is -2.27. The second-order valence-electron chi connectivity index (χ2n) is 5.50. The van der Waals surface area contributed by atoms with E-state index >= 15 is 0 Å². The molecule has 10 heteroatoms. The van der Waals surface area contributed by atoms with Gasteiger partial charge in [-0.3, -0.25) is 9.52 Å². The van der Waals surface area contributed by atoms with Crippen LogP contribution in [-0.2, 0) is 14.8 Å². The van der Waals surface area contributed by atoms with Gasteiger partial charge < -0.3 is 14.4 Å². The van der Waals surface area contributed by atoms with E-state index in [1.165, 1.54) is 35.6 Å². The number of thiophene rings is 1. The summed E-state index contributed by atoms with van der Waals surface area (Å²) >= 11 is 0.971. The van der Waals surface area contributed by atoms with Crippen LogP contribution in [0.4, 0.5) is 5.69 Å². The topological polar surface area (TPSA) is 102 Å². The Kier molecular flexibility index (Phi) is 4.88. The third kappa shape index (κ3) is 3.37. The summed E-state index contributed by atoms with van der Waals surface area (Å²) in [5, 5.41) is 1.49. The predicted molar refractivity (Wildman–Crippen MR) is 95.4 cm³/mol. The summed E-state index contributed by atoms with van der Waals surface area (Å²) in [5.74, 6) is -0.593. The molecule has 3 rings (SSSR count). The summed E-state index contributed by atoms with van der Waals surface area (Å²) in [6.07, 6.45) is 0. The highest BCUT2D eigenvalue weighted by Crippen LogP contribution is 2.29. The van der Waals surface area contributed by atoms with Crippen molar-refractivity contribution in [1.82, 2.24) is 4.90 Å². The molecule has 26 heavy (non-hydrogen) atoms. The lowest BCUT2D eigenvalue weighted by atomic mass is 10.1. The summed E-state index contributed by atoms with van der Waals surface area (Å²) in [6, 6.07) is 5.78. The van der Waals surface area contributed by atoms with E-state index in [4.69, 9.17) is 4.74 Å². The number of hydrogen-bond donors (Lipinski definition) is 1. The fourth-order valence-electron chi connectivity index (χ4n) is 2.45. The van der Waals surface area contributed by atoms with E-state index in [0.717, 1.165) is 11.3 Å². The number of carbonyl (C=O) groups excluding carboxylic acids is 2. The van der Waals surface area contributed by atoms with Gasteiger partial charge in [0.05, 0.1) is 19.2 Å².